The van der Waals surface area contributed by atoms with Gasteiger partial charge in [-0.05, 0) is 39.5 Å². The molecule has 0 atom stereocenters. The molecule has 1 saturated heterocycles. The highest BCUT2D eigenvalue weighted by Crippen LogP contribution is 2.27. The molecule has 3 rings (SSSR count). The third kappa shape index (κ3) is 2.59. The monoisotopic (exact) mass is 260 g/mol. The van der Waals surface area contributed by atoms with Gasteiger partial charge in [0.1, 0.15) is 12.1 Å². The van der Waals surface area contributed by atoms with Crippen molar-refractivity contribution in [1.82, 2.24) is 14.9 Å². The van der Waals surface area contributed by atoms with E-state index in [1.54, 1.807) is 6.33 Å². The minimum atomic E-state index is 0.654. The molecule has 1 aliphatic carbocycles. The van der Waals surface area contributed by atoms with Crippen molar-refractivity contribution in [3.05, 3.63) is 17.6 Å². The van der Waals surface area contributed by atoms with Gasteiger partial charge in [-0.15, -0.1) is 0 Å². The summed E-state index contributed by atoms with van der Waals surface area (Å²) in [5.41, 5.74) is 2.72. The lowest BCUT2D eigenvalue weighted by molar-refractivity contribution is 0.209. The average molecular weight is 260 g/mol. The van der Waals surface area contributed by atoms with E-state index in [0.29, 0.717) is 6.04 Å². The van der Waals surface area contributed by atoms with Crippen molar-refractivity contribution in [2.24, 2.45) is 0 Å². The molecular formula is C15H24N4. The van der Waals surface area contributed by atoms with Gasteiger partial charge in [0.05, 0.1) is 0 Å². The first-order valence-electron chi connectivity index (χ1n) is 7.57. The normalized spacial score (nSPS) is 20.7. The summed E-state index contributed by atoms with van der Waals surface area (Å²) in [4.78, 5) is 14.1. The standard InChI is InChI=1S/C15H24N4/c1-12(2)18-7-9-19(10-8-18)15-13-5-3-4-6-14(13)16-11-17-15/h11-12H,3-10H2,1-2H3. The second-order valence-corrected chi connectivity index (χ2v) is 5.95. The molecule has 2 aliphatic rings. The molecule has 0 radical (unpaired) electrons. The lowest BCUT2D eigenvalue weighted by Gasteiger charge is -2.38. The zero-order valence-corrected chi connectivity index (χ0v) is 12.1. The number of rotatable bonds is 2. The van der Waals surface area contributed by atoms with E-state index in [2.05, 4.69) is 33.6 Å². The second-order valence-electron chi connectivity index (χ2n) is 5.95. The Hall–Kier alpha value is -1.16. The Kier molecular flexibility index (Phi) is 3.69. The van der Waals surface area contributed by atoms with Crippen LogP contribution in [0.1, 0.15) is 37.9 Å². The maximum absolute atomic E-state index is 4.58. The summed E-state index contributed by atoms with van der Waals surface area (Å²) in [5.74, 6) is 1.22. The zero-order valence-electron chi connectivity index (χ0n) is 12.1. The van der Waals surface area contributed by atoms with Crippen LogP contribution in [0.5, 0.6) is 0 Å². The number of fused-ring (bicyclic) bond motifs is 1. The molecule has 0 N–H and O–H groups in total. The first-order valence-corrected chi connectivity index (χ1v) is 7.57. The molecule has 1 aliphatic heterocycles. The minimum Gasteiger partial charge on any atom is -0.354 e. The molecule has 1 aromatic heterocycles. The quantitative estimate of drug-likeness (QED) is 0.813. The summed E-state index contributed by atoms with van der Waals surface area (Å²) in [7, 11) is 0. The van der Waals surface area contributed by atoms with Gasteiger partial charge in [0, 0.05) is 43.5 Å². The maximum atomic E-state index is 4.58. The Labute approximate surface area is 115 Å². The number of aromatic nitrogens is 2. The zero-order chi connectivity index (χ0) is 13.2. The van der Waals surface area contributed by atoms with E-state index >= 15 is 0 Å². The largest absolute Gasteiger partial charge is 0.354 e. The van der Waals surface area contributed by atoms with Gasteiger partial charge in [-0.1, -0.05) is 0 Å². The van der Waals surface area contributed by atoms with Crippen molar-refractivity contribution in [2.45, 2.75) is 45.6 Å². The van der Waals surface area contributed by atoms with Crippen LogP contribution in [-0.4, -0.2) is 47.1 Å². The highest BCUT2D eigenvalue weighted by atomic mass is 15.3. The number of hydrogen-bond acceptors (Lipinski definition) is 4. The Morgan fingerprint density at radius 3 is 2.47 bits per heavy atom. The number of piperazine rings is 1. The Balaban J connectivity index is 1.77. The molecule has 104 valence electrons. The Morgan fingerprint density at radius 1 is 1.00 bits per heavy atom. The minimum absolute atomic E-state index is 0.654. The molecule has 0 saturated carbocycles. The van der Waals surface area contributed by atoms with E-state index in [1.165, 1.54) is 29.9 Å². The maximum Gasteiger partial charge on any atom is 0.135 e. The molecular weight excluding hydrogens is 236 g/mol. The molecule has 1 aromatic rings. The first kappa shape index (κ1) is 12.9. The van der Waals surface area contributed by atoms with Gasteiger partial charge < -0.3 is 4.90 Å². The average Bonchev–Trinajstić information content (AvgIpc) is 2.47. The van der Waals surface area contributed by atoms with Crippen LogP contribution in [0.15, 0.2) is 6.33 Å². The lowest BCUT2D eigenvalue weighted by Crippen LogP contribution is -2.49. The molecule has 2 heterocycles. The summed E-state index contributed by atoms with van der Waals surface area (Å²) < 4.78 is 0. The van der Waals surface area contributed by atoms with Crippen LogP contribution in [0, 0.1) is 0 Å². The van der Waals surface area contributed by atoms with Crippen molar-refractivity contribution in [2.75, 3.05) is 31.1 Å². The summed E-state index contributed by atoms with van der Waals surface area (Å²) >= 11 is 0. The van der Waals surface area contributed by atoms with Gasteiger partial charge in [-0.3, -0.25) is 4.90 Å². The van der Waals surface area contributed by atoms with Crippen molar-refractivity contribution in [3.63, 3.8) is 0 Å². The van der Waals surface area contributed by atoms with Gasteiger partial charge in [-0.25, -0.2) is 9.97 Å². The van der Waals surface area contributed by atoms with Gasteiger partial charge >= 0.3 is 0 Å². The fourth-order valence-corrected chi connectivity index (χ4v) is 3.23. The SMILES string of the molecule is CC(C)N1CCN(c2ncnc3c2CCCC3)CC1. The third-order valence-corrected chi connectivity index (χ3v) is 4.45. The predicted molar refractivity (Wildman–Crippen MR) is 77.6 cm³/mol. The van der Waals surface area contributed by atoms with Crippen molar-refractivity contribution >= 4 is 5.82 Å². The number of aryl methyl sites for hydroxylation is 1. The molecule has 0 unspecified atom stereocenters. The summed E-state index contributed by atoms with van der Waals surface area (Å²) in [6.07, 6.45) is 6.63. The van der Waals surface area contributed by atoms with E-state index in [0.717, 1.165) is 39.0 Å². The van der Waals surface area contributed by atoms with Crippen LogP contribution in [0.4, 0.5) is 5.82 Å². The Morgan fingerprint density at radius 2 is 1.74 bits per heavy atom. The summed E-state index contributed by atoms with van der Waals surface area (Å²) in [6.45, 7) is 9.06. The van der Waals surface area contributed by atoms with Crippen LogP contribution in [-0.2, 0) is 12.8 Å². The van der Waals surface area contributed by atoms with E-state index < -0.39 is 0 Å². The number of nitrogens with zero attached hydrogens (tertiary/aromatic N) is 4. The molecule has 0 bridgehead atoms. The van der Waals surface area contributed by atoms with Gasteiger partial charge in [0.15, 0.2) is 0 Å². The van der Waals surface area contributed by atoms with Crippen molar-refractivity contribution in [3.8, 4) is 0 Å². The molecule has 0 amide bonds. The molecule has 19 heavy (non-hydrogen) atoms. The van der Waals surface area contributed by atoms with Gasteiger partial charge in [-0.2, -0.15) is 0 Å². The van der Waals surface area contributed by atoms with E-state index in [9.17, 15) is 0 Å². The third-order valence-electron chi connectivity index (χ3n) is 4.45. The van der Waals surface area contributed by atoms with E-state index in [-0.39, 0.29) is 0 Å². The fraction of sp³-hybridized carbons (Fsp3) is 0.733. The number of anilines is 1. The molecule has 4 nitrogen and oxygen atoms in total. The van der Waals surface area contributed by atoms with Crippen LogP contribution in [0.2, 0.25) is 0 Å². The van der Waals surface area contributed by atoms with E-state index in [4.69, 9.17) is 0 Å². The topological polar surface area (TPSA) is 32.3 Å². The highest BCUT2D eigenvalue weighted by Gasteiger charge is 2.24. The molecule has 0 aromatic carbocycles. The lowest BCUT2D eigenvalue weighted by atomic mass is 9.96. The van der Waals surface area contributed by atoms with Crippen LogP contribution >= 0.6 is 0 Å². The van der Waals surface area contributed by atoms with Crippen LogP contribution in [0.3, 0.4) is 0 Å². The molecule has 0 spiro atoms. The summed E-state index contributed by atoms with van der Waals surface area (Å²) in [5, 5.41) is 0. The van der Waals surface area contributed by atoms with Gasteiger partial charge in [0.2, 0.25) is 0 Å². The van der Waals surface area contributed by atoms with Crippen molar-refractivity contribution < 1.29 is 0 Å². The second kappa shape index (κ2) is 5.45. The first-order chi connectivity index (χ1) is 9.25. The van der Waals surface area contributed by atoms with E-state index in [1.807, 2.05) is 0 Å². The highest BCUT2D eigenvalue weighted by molar-refractivity contribution is 5.50. The molecule has 1 fully saturated rings. The van der Waals surface area contributed by atoms with Crippen LogP contribution < -0.4 is 4.90 Å². The van der Waals surface area contributed by atoms with Crippen LogP contribution in [0.25, 0.3) is 0 Å². The molecule has 4 heteroatoms. The Bertz CT molecular complexity index is 436. The fourth-order valence-electron chi connectivity index (χ4n) is 3.23. The van der Waals surface area contributed by atoms with Crippen molar-refractivity contribution in [1.29, 1.82) is 0 Å². The summed E-state index contributed by atoms with van der Waals surface area (Å²) in [6, 6.07) is 0.654. The smallest absolute Gasteiger partial charge is 0.135 e. The van der Waals surface area contributed by atoms with Gasteiger partial charge in [0.25, 0.3) is 0 Å². The number of hydrogen-bond donors (Lipinski definition) is 0. The predicted octanol–water partition coefficient (Wildman–Crippen LogP) is 1.89.